The highest BCUT2D eigenvalue weighted by Crippen LogP contribution is 2.42. The largest absolute Gasteiger partial charge is 0.372 e. The molecule has 5 rings (SSSR count). The van der Waals surface area contributed by atoms with Crippen molar-refractivity contribution in [2.75, 3.05) is 13.7 Å². The van der Waals surface area contributed by atoms with Gasteiger partial charge in [0.15, 0.2) is 5.82 Å². The number of ether oxygens (including phenoxy) is 1. The zero-order valence-electron chi connectivity index (χ0n) is 21.9. The highest BCUT2D eigenvalue weighted by atomic mass is 127. The monoisotopic (exact) mass is 605 g/mol. The molecule has 0 bridgehead atoms. The normalized spacial score (nSPS) is 26.4. The second-order valence-electron chi connectivity index (χ2n) is 10.6. The minimum absolute atomic E-state index is 0.0868. The van der Waals surface area contributed by atoms with Gasteiger partial charge in [-0.05, 0) is 70.0 Å². The molecule has 2 N–H and O–H groups in total. The summed E-state index contributed by atoms with van der Waals surface area (Å²) >= 11 is -0.424. The summed E-state index contributed by atoms with van der Waals surface area (Å²) in [6.07, 6.45) is 1.67. The minimum Gasteiger partial charge on any atom is -0.372 e. The van der Waals surface area contributed by atoms with Crippen LogP contribution in [0.3, 0.4) is 0 Å². The number of hydrogen-bond acceptors (Lipinski definition) is 5. The van der Waals surface area contributed by atoms with Crippen LogP contribution in [0.4, 0.5) is 4.39 Å². The molecule has 1 aromatic carbocycles. The van der Waals surface area contributed by atoms with E-state index in [2.05, 4.69) is 47.0 Å². The Morgan fingerprint density at radius 1 is 1.33 bits per heavy atom. The van der Waals surface area contributed by atoms with Crippen LogP contribution >= 0.6 is 20.7 Å². The van der Waals surface area contributed by atoms with Crippen LogP contribution < -0.4 is 5.32 Å². The predicted molar refractivity (Wildman–Crippen MR) is 151 cm³/mol. The highest BCUT2D eigenvalue weighted by Gasteiger charge is 2.39. The highest BCUT2D eigenvalue weighted by molar-refractivity contribution is 14.2. The summed E-state index contributed by atoms with van der Waals surface area (Å²) in [7, 11) is 1.97. The summed E-state index contributed by atoms with van der Waals surface area (Å²) in [6.45, 7) is 10.9. The Labute approximate surface area is 223 Å². The van der Waals surface area contributed by atoms with Crippen LogP contribution in [0, 0.1) is 20.7 Å². The van der Waals surface area contributed by atoms with Gasteiger partial charge in [-0.1, -0.05) is 37.7 Å². The standard InChI is InChI=1S/C28H37FIN5O/c1-15(2)35-24-14-34(13-23(24)33-28(35)26(31)25-16(3)17(25)4)19-9-10-36-27(22(12-19)32-6)20-11-18(29)7-8-21(20)30-5/h7-8,11,15-16,19,22,27,31-32H,5,9-10,12-14H2,1-4,6H3/t16-,19+,22+,27-/m1/s1. The topological polar surface area (TPSA) is 66.2 Å². The molecule has 1 aromatic heterocycles. The summed E-state index contributed by atoms with van der Waals surface area (Å²) in [6, 6.07) is 5.73. The first kappa shape index (κ1) is 25.9. The Kier molecular flexibility index (Phi) is 7.33. The van der Waals surface area contributed by atoms with Crippen molar-refractivity contribution in [1.82, 2.24) is 19.8 Å². The zero-order valence-corrected chi connectivity index (χ0v) is 24.0. The third kappa shape index (κ3) is 4.54. The molecule has 2 aromatic rings. The lowest BCUT2D eigenvalue weighted by atomic mass is 9.96. The maximum atomic E-state index is 14.2. The van der Waals surface area contributed by atoms with Crippen molar-refractivity contribution in [2.45, 2.75) is 77.9 Å². The number of halogens is 2. The van der Waals surface area contributed by atoms with Gasteiger partial charge in [-0.3, -0.25) is 10.3 Å². The van der Waals surface area contributed by atoms with Gasteiger partial charge in [0, 0.05) is 47.3 Å². The zero-order chi connectivity index (χ0) is 25.7. The molecule has 0 amide bonds. The molecule has 4 atom stereocenters. The fourth-order valence-electron chi connectivity index (χ4n) is 6.00. The van der Waals surface area contributed by atoms with Crippen LogP contribution in [-0.4, -0.2) is 50.4 Å². The number of benzene rings is 1. The SMILES string of the molecule is C=Ic1ccc(F)cc1[C@H]1OCC[C@H](N2Cc3nc(C(=N)C4=C(C)[C@H]4C)n(C(C)C)c3C2)C[C@@H]1NC. The van der Waals surface area contributed by atoms with Crippen LogP contribution in [0.5, 0.6) is 0 Å². The Hall–Kier alpha value is -1.75. The van der Waals surface area contributed by atoms with Gasteiger partial charge in [0.1, 0.15) is 11.5 Å². The molecule has 0 unspecified atom stereocenters. The van der Waals surface area contributed by atoms with E-state index in [1.54, 1.807) is 6.07 Å². The molecular formula is C28H37FIN5O. The van der Waals surface area contributed by atoms with Crippen LogP contribution in [0.1, 0.15) is 75.5 Å². The van der Waals surface area contributed by atoms with Gasteiger partial charge < -0.3 is 14.6 Å². The number of aromatic nitrogens is 2. The fraction of sp³-hybridized carbons (Fsp3) is 0.536. The lowest BCUT2D eigenvalue weighted by Gasteiger charge is -2.31. The smallest absolute Gasteiger partial charge is 0.159 e. The Balaban J connectivity index is 1.37. The van der Waals surface area contributed by atoms with E-state index in [1.165, 1.54) is 17.3 Å². The molecule has 1 fully saturated rings. The van der Waals surface area contributed by atoms with E-state index in [4.69, 9.17) is 15.1 Å². The lowest BCUT2D eigenvalue weighted by molar-refractivity contribution is 0.0382. The van der Waals surface area contributed by atoms with E-state index >= 15 is 0 Å². The second-order valence-corrected chi connectivity index (χ2v) is 12.5. The average Bonchev–Trinajstić information content (AvgIpc) is 3.13. The van der Waals surface area contributed by atoms with Crippen molar-refractivity contribution in [3.05, 3.63) is 61.5 Å². The summed E-state index contributed by atoms with van der Waals surface area (Å²) in [5.41, 5.74) is 6.36. The van der Waals surface area contributed by atoms with Gasteiger partial charge in [0.05, 0.1) is 17.5 Å². The van der Waals surface area contributed by atoms with Crippen molar-refractivity contribution in [1.29, 1.82) is 5.41 Å². The van der Waals surface area contributed by atoms with Crippen LogP contribution in [0.25, 0.3) is 0 Å². The molecule has 1 aliphatic carbocycles. The molecule has 3 aliphatic rings. The summed E-state index contributed by atoms with van der Waals surface area (Å²) in [5, 5.41) is 12.3. The maximum Gasteiger partial charge on any atom is 0.159 e. The van der Waals surface area contributed by atoms with Gasteiger partial charge in [-0.25, -0.2) is 9.37 Å². The molecule has 0 radical (unpaired) electrons. The predicted octanol–water partition coefficient (Wildman–Crippen LogP) is 5.33. The Morgan fingerprint density at radius 2 is 2.08 bits per heavy atom. The fourth-order valence-corrected chi connectivity index (χ4v) is 7.33. The molecule has 0 spiro atoms. The number of likely N-dealkylation sites (N-methyl/N-ethyl adjacent to an activating group) is 1. The number of imidazole rings is 1. The minimum atomic E-state index is -0.424. The van der Waals surface area contributed by atoms with Gasteiger partial charge in [-0.2, -0.15) is 0 Å². The quantitative estimate of drug-likeness (QED) is 0.331. The van der Waals surface area contributed by atoms with Crippen molar-refractivity contribution in [2.24, 2.45) is 5.92 Å². The van der Waals surface area contributed by atoms with Crippen LogP contribution in [0.2, 0.25) is 0 Å². The molecule has 1 saturated heterocycles. The summed E-state index contributed by atoms with van der Waals surface area (Å²) in [4.78, 5) is 7.53. The summed E-state index contributed by atoms with van der Waals surface area (Å²) in [5.74, 6) is 1.01. The number of hydrogen-bond donors (Lipinski definition) is 2. The number of fused-ring (bicyclic) bond motifs is 1. The average molecular weight is 606 g/mol. The van der Waals surface area contributed by atoms with Gasteiger partial charge in [0.2, 0.25) is 0 Å². The van der Waals surface area contributed by atoms with E-state index in [1.807, 2.05) is 13.1 Å². The first-order chi connectivity index (χ1) is 17.2. The van der Waals surface area contributed by atoms with E-state index < -0.39 is 20.7 Å². The number of nitrogens with zero attached hydrogens (tertiary/aromatic N) is 3. The van der Waals surface area contributed by atoms with Crippen molar-refractivity contribution < 1.29 is 9.13 Å². The van der Waals surface area contributed by atoms with Crippen LogP contribution in [0.15, 0.2) is 29.3 Å². The van der Waals surface area contributed by atoms with Gasteiger partial charge in [0.25, 0.3) is 0 Å². The van der Waals surface area contributed by atoms with E-state index in [0.717, 1.165) is 52.2 Å². The number of allylic oxidation sites excluding steroid dienone is 2. The number of nitrogens with one attached hydrogen (secondary N) is 2. The molecule has 0 saturated carbocycles. The lowest BCUT2D eigenvalue weighted by Crippen LogP contribution is -2.40. The van der Waals surface area contributed by atoms with Crippen molar-refractivity contribution >= 4 is 31.0 Å². The first-order valence-electron chi connectivity index (χ1n) is 12.9. The summed E-state index contributed by atoms with van der Waals surface area (Å²) < 4.78 is 28.1. The second kappa shape index (κ2) is 10.2. The van der Waals surface area contributed by atoms with E-state index in [0.29, 0.717) is 24.3 Å². The van der Waals surface area contributed by atoms with Gasteiger partial charge in [-0.15, -0.1) is 0 Å². The first-order valence-corrected chi connectivity index (χ1v) is 15.5. The molecule has 3 heterocycles. The van der Waals surface area contributed by atoms with E-state index in [9.17, 15) is 4.39 Å². The maximum absolute atomic E-state index is 14.2. The van der Waals surface area contributed by atoms with Gasteiger partial charge >= 0.3 is 0 Å². The molecular weight excluding hydrogens is 568 g/mol. The van der Waals surface area contributed by atoms with Crippen molar-refractivity contribution in [3.63, 3.8) is 0 Å². The molecule has 8 heteroatoms. The molecule has 6 nitrogen and oxygen atoms in total. The number of rotatable bonds is 7. The molecule has 194 valence electrons. The van der Waals surface area contributed by atoms with Crippen molar-refractivity contribution in [3.8, 4) is 0 Å². The molecule has 36 heavy (non-hydrogen) atoms. The molecule has 2 aliphatic heterocycles. The van der Waals surface area contributed by atoms with E-state index in [-0.39, 0.29) is 24.0 Å². The third-order valence-electron chi connectivity index (χ3n) is 8.17. The van der Waals surface area contributed by atoms with Crippen LogP contribution in [-0.2, 0) is 17.8 Å². The third-order valence-corrected chi connectivity index (χ3v) is 9.97. The Morgan fingerprint density at radius 3 is 2.72 bits per heavy atom. The Bertz CT molecular complexity index is 1230.